The normalized spacial score (nSPS) is 20.5. The zero-order chi connectivity index (χ0) is 7.94. The second-order valence-corrected chi connectivity index (χ2v) is 3.39. The van der Waals surface area contributed by atoms with Crippen LogP contribution in [-0.2, 0) is 0 Å². The topological polar surface area (TPSA) is 3.24 Å². The molecule has 0 aromatic heterocycles. The van der Waals surface area contributed by atoms with Crippen molar-refractivity contribution < 1.29 is 0 Å². The van der Waals surface area contributed by atoms with E-state index in [0.717, 1.165) is 0 Å². The second kappa shape index (κ2) is 5.59. The van der Waals surface area contributed by atoms with Gasteiger partial charge in [0.05, 0.1) is 0 Å². The Labute approximate surface area is 70.8 Å². The van der Waals surface area contributed by atoms with E-state index in [4.69, 9.17) is 0 Å². The summed E-state index contributed by atoms with van der Waals surface area (Å²) in [6, 6.07) is 0. The fraction of sp³-hybridized carbons (Fsp3) is 0.900. The highest BCUT2D eigenvalue weighted by Gasteiger charge is 2.08. The van der Waals surface area contributed by atoms with Crippen molar-refractivity contribution in [2.45, 2.75) is 39.0 Å². The van der Waals surface area contributed by atoms with E-state index in [1.165, 1.54) is 51.7 Å². The SMILES string of the molecule is CC[CH]CCN1CCCCC1. The first kappa shape index (κ1) is 9.05. The number of piperidine rings is 1. The smallest absolute Gasteiger partial charge is 0.00160 e. The molecule has 0 saturated carbocycles. The Hall–Kier alpha value is -0.0400. The van der Waals surface area contributed by atoms with Crippen molar-refractivity contribution >= 4 is 0 Å². The Bertz CT molecular complexity index is 84.9. The standard InChI is InChI=1S/C10H20N/c1-2-3-5-8-11-9-6-4-7-10-11/h3H,2,4-10H2,1H3. The summed E-state index contributed by atoms with van der Waals surface area (Å²) in [5.41, 5.74) is 0. The summed E-state index contributed by atoms with van der Waals surface area (Å²) in [4.78, 5) is 2.59. The Balaban J connectivity index is 1.96. The van der Waals surface area contributed by atoms with Gasteiger partial charge >= 0.3 is 0 Å². The second-order valence-electron chi connectivity index (χ2n) is 3.39. The summed E-state index contributed by atoms with van der Waals surface area (Å²) in [5.74, 6) is 0. The number of hydrogen-bond donors (Lipinski definition) is 0. The first-order valence-corrected chi connectivity index (χ1v) is 4.97. The van der Waals surface area contributed by atoms with Crippen LogP contribution in [0.5, 0.6) is 0 Å². The van der Waals surface area contributed by atoms with Crippen LogP contribution in [0.1, 0.15) is 39.0 Å². The van der Waals surface area contributed by atoms with Crippen molar-refractivity contribution in [1.29, 1.82) is 0 Å². The van der Waals surface area contributed by atoms with E-state index >= 15 is 0 Å². The van der Waals surface area contributed by atoms with Crippen LogP contribution in [0.3, 0.4) is 0 Å². The average molecular weight is 154 g/mol. The van der Waals surface area contributed by atoms with Crippen molar-refractivity contribution in [2.75, 3.05) is 19.6 Å². The van der Waals surface area contributed by atoms with Crippen LogP contribution in [0, 0.1) is 6.42 Å². The molecule has 0 aromatic rings. The first-order valence-electron chi connectivity index (χ1n) is 4.97. The van der Waals surface area contributed by atoms with E-state index in [-0.39, 0.29) is 0 Å². The van der Waals surface area contributed by atoms with Gasteiger partial charge in [-0.25, -0.2) is 0 Å². The molecule has 1 aliphatic rings. The Morgan fingerprint density at radius 1 is 1.18 bits per heavy atom. The van der Waals surface area contributed by atoms with Gasteiger partial charge < -0.3 is 4.90 Å². The van der Waals surface area contributed by atoms with Crippen LogP contribution in [0.25, 0.3) is 0 Å². The average Bonchev–Trinajstić information content (AvgIpc) is 2.07. The molecule has 1 heterocycles. The van der Waals surface area contributed by atoms with Gasteiger partial charge in [-0.1, -0.05) is 19.8 Å². The molecule has 1 nitrogen and oxygen atoms in total. The minimum Gasteiger partial charge on any atom is -0.303 e. The molecule has 0 atom stereocenters. The van der Waals surface area contributed by atoms with Gasteiger partial charge in [0, 0.05) is 0 Å². The molecule has 0 spiro atoms. The molecule has 1 saturated heterocycles. The summed E-state index contributed by atoms with van der Waals surface area (Å²) < 4.78 is 0. The van der Waals surface area contributed by atoms with Gasteiger partial charge in [-0.05, 0) is 45.3 Å². The van der Waals surface area contributed by atoms with Crippen LogP contribution in [-0.4, -0.2) is 24.5 Å². The monoisotopic (exact) mass is 154 g/mol. The van der Waals surface area contributed by atoms with E-state index in [1.54, 1.807) is 0 Å². The van der Waals surface area contributed by atoms with Gasteiger partial charge in [-0.15, -0.1) is 0 Å². The van der Waals surface area contributed by atoms with Gasteiger partial charge in [0.15, 0.2) is 0 Å². The fourth-order valence-corrected chi connectivity index (χ4v) is 1.66. The Kier molecular flexibility index (Phi) is 4.60. The van der Waals surface area contributed by atoms with E-state index in [2.05, 4.69) is 18.2 Å². The molecule has 0 bridgehead atoms. The van der Waals surface area contributed by atoms with Crippen LogP contribution >= 0.6 is 0 Å². The molecule has 65 valence electrons. The van der Waals surface area contributed by atoms with Crippen LogP contribution in [0.15, 0.2) is 0 Å². The highest BCUT2D eigenvalue weighted by atomic mass is 15.1. The van der Waals surface area contributed by atoms with Gasteiger partial charge in [0.1, 0.15) is 0 Å². The van der Waals surface area contributed by atoms with Gasteiger partial charge in [0.25, 0.3) is 0 Å². The molecular formula is C10H20N. The third-order valence-electron chi connectivity index (χ3n) is 2.39. The quantitative estimate of drug-likeness (QED) is 0.562. The van der Waals surface area contributed by atoms with Crippen molar-refractivity contribution in [2.24, 2.45) is 0 Å². The lowest BCUT2D eigenvalue weighted by atomic mass is 10.1. The zero-order valence-corrected chi connectivity index (χ0v) is 7.68. The summed E-state index contributed by atoms with van der Waals surface area (Å²) in [7, 11) is 0. The first-order chi connectivity index (χ1) is 5.43. The highest BCUT2D eigenvalue weighted by molar-refractivity contribution is 4.69. The summed E-state index contributed by atoms with van der Waals surface area (Å²) in [6.45, 7) is 6.21. The van der Waals surface area contributed by atoms with Gasteiger partial charge in [-0.3, -0.25) is 0 Å². The maximum absolute atomic E-state index is 2.59. The zero-order valence-electron chi connectivity index (χ0n) is 7.68. The molecule has 1 radical (unpaired) electrons. The molecule has 0 amide bonds. The number of likely N-dealkylation sites (tertiary alicyclic amines) is 1. The van der Waals surface area contributed by atoms with E-state index in [0.29, 0.717) is 0 Å². The maximum atomic E-state index is 2.59. The lowest BCUT2D eigenvalue weighted by Crippen LogP contribution is -2.30. The Morgan fingerprint density at radius 2 is 1.91 bits per heavy atom. The molecule has 11 heavy (non-hydrogen) atoms. The van der Waals surface area contributed by atoms with Crippen molar-refractivity contribution in [1.82, 2.24) is 4.90 Å². The lowest BCUT2D eigenvalue weighted by molar-refractivity contribution is 0.230. The van der Waals surface area contributed by atoms with Crippen molar-refractivity contribution in [3.63, 3.8) is 0 Å². The number of rotatable bonds is 4. The van der Waals surface area contributed by atoms with Crippen LogP contribution < -0.4 is 0 Å². The van der Waals surface area contributed by atoms with Crippen LogP contribution in [0.2, 0.25) is 0 Å². The molecule has 0 aliphatic carbocycles. The molecule has 1 rings (SSSR count). The van der Waals surface area contributed by atoms with E-state index in [9.17, 15) is 0 Å². The number of unbranched alkanes of at least 4 members (excludes halogenated alkanes) is 2. The predicted octanol–water partition coefficient (Wildman–Crippen LogP) is 2.48. The third-order valence-corrected chi connectivity index (χ3v) is 2.39. The minimum atomic E-state index is 1.23. The molecule has 0 aromatic carbocycles. The lowest BCUT2D eigenvalue weighted by Gasteiger charge is -2.26. The highest BCUT2D eigenvalue weighted by Crippen LogP contribution is 2.09. The minimum absolute atomic E-state index is 1.23. The summed E-state index contributed by atoms with van der Waals surface area (Å²) >= 11 is 0. The van der Waals surface area contributed by atoms with Crippen LogP contribution in [0.4, 0.5) is 0 Å². The van der Waals surface area contributed by atoms with E-state index in [1.807, 2.05) is 0 Å². The summed E-state index contributed by atoms with van der Waals surface area (Å²) in [6.07, 6.45) is 9.20. The van der Waals surface area contributed by atoms with Crippen molar-refractivity contribution in [3.05, 3.63) is 6.42 Å². The largest absolute Gasteiger partial charge is 0.303 e. The predicted molar refractivity (Wildman–Crippen MR) is 49.5 cm³/mol. The molecular weight excluding hydrogens is 134 g/mol. The Morgan fingerprint density at radius 3 is 2.55 bits per heavy atom. The van der Waals surface area contributed by atoms with E-state index < -0.39 is 0 Å². The van der Waals surface area contributed by atoms with Gasteiger partial charge in [-0.2, -0.15) is 0 Å². The molecule has 1 fully saturated rings. The molecule has 0 N–H and O–H groups in total. The third kappa shape index (κ3) is 3.76. The molecule has 0 unspecified atom stereocenters. The van der Waals surface area contributed by atoms with Crippen molar-refractivity contribution in [3.8, 4) is 0 Å². The molecule has 1 aliphatic heterocycles. The number of nitrogens with zero attached hydrogens (tertiary/aromatic N) is 1. The number of hydrogen-bond acceptors (Lipinski definition) is 1. The summed E-state index contributed by atoms with van der Waals surface area (Å²) in [5, 5.41) is 0. The maximum Gasteiger partial charge on any atom is -0.00160 e. The fourth-order valence-electron chi connectivity index (χ4n) is 1.66. The molecule has 1 heteroatoms. The van der Waals surface area contributed by atoms with Gasteiger partial charge in [0.2, 0.25) is 0 Å².